The molecule has 3 heteroatoms. The fourth-order valence-corrected chi connectivity index (χ4v) is 1.26. The maximum Gasteiger partial charge on any atom is 0.166 e. The monoisotopic (exact) mass is 280 g/mol. The predicted octanol–water partition coefficient (Wildman–Crippen LogP) is 3.22. The van der Waals surface area contributed by atoms with Crippen molar-refractivity contribution in [1.82, 2.24) is 0 Å². The molecule has 0 aliphatic heterocycles. The van der Waals surface area contributed by atoms with Gasteiger partial charge in [0.1, 0.15) is 0 Å². The maximum absolute atomic E-state index is 13.0. The van der Waals surface area contributed by atoms with Gasteiger partial charge in [-0.2, -0.15) is 0 Å². The van der Waals surface area contributed by atoms with E-state index in [1.165, 1.54) is 6.07 Å². The molecule has 0 atom stereocenters. The average Bonchev–Trinajstić information content (AvgIpc) is 2.03. The Morgan fingerprint density at radius 3 is 2.83 bits per heavy atom. The summed E-state index contributed by atoms with van der Waals surface area (Å²) in [4.78, 5) is 0. The van der Waals surface area contributed by atoms with E-state index < -0.39 is 0 Å². The molecular weight excluding hydrogens is 270 g/mol. The van der Waals surface area contributed by atoms with Gasteiger partial charge in [-0.3, -0.25) is 0 Å². The molecule has 0 radical (unpaired) electrons. The molecule has 0 aromatic heterocycles. The van der Waals surface area contributed by atoms with Crippen LogP contribution in [0.25, 0.3) is 0 Å². The minimum atomic E-state index is -0.282. The van der Waals surface area contributed by atoms with Gasteiger partial charge in [0, 0.05) is 3.57 Å². The number of hydrogen-bond acceptors (Lipinski definition) is 1. The molecule has 1 aromatic rings. The van der Waals surface area contributed by atoms with E-state index in [0.717, 1.165) is 9.99 Å². The second-order valence-corrected chi connectivity index (χ2v) is 3.67. The number of ether oxygens (including phenoxy) is 1. The van der Waals surface area contributed by atoms with Gasteiger partial charge in [0.05, 0.1) is 6.61 Å². The van der Waals surface area contributed by atoms with Crippen molar-refractivity contribution in [3.8, 4) is 5.75 Å². The van der Waals surface area contributed by atoms with E-state index in [0.29, 0.717) is 12.4 Å². The molecule has 12 heavy (non-hydrogen) atoms. The van der Waals surface area contributed by atoms with Crippen molar-refractivity contribution in [3.63, 3.8) is 0 Å². The van der Waals surface area contributed by atoms with E-state index in [9.17, 15) is 4.39 Å². The summed E-state index contributed by atoms with van der Waals surface area (Å²) in [5.41, 5.74) is 0. The van der Waals surface area contributed by atoms with E-state index in [2.05, 4.69) is 22.6 Å². The number of benzene rings is 1. The Morgan fingerprint density at radius 2 is 2.25 bits per heavy atom. The van der Waals surface area contributed by atoms with Gasteiger partial charge >= 0.3 is 0 Å². The van der Waals surface area contributed by atoms with Crippen LogP contribution in [0.2, 0.25) is 0 Å². The van der Waals surface area contributed by atoms with Crippen molar-refractivity contribution in [1.29, 1.82) is 0 Å². The molecule has 66 valence electrons. The van der Waals surface area contributed by atoms with Crippen molar-refractivity contribution in [2.24, 2.45) is 0 Å². The first-order valence-electron chi connectivity index (χ1n) is 3.82. The molecule has 0 spiro atoms. The van der Waals surface area contributed by atoms with E-state index in [4.69, 9.17) is 4.74 Å². The highest BCUT2D eigenvalue weighted by Gasteiger charge is 2.01. The molecule has 0 saturated heterocycles. The third-order valence-corrected chi connectivity index (χ3v) is 2.03. The van der Waals surface area contributed by atoms with Gasteiger partial charge in [0.2, 0.25) is 0 Å². The fraction of sp³-hybridized carbons (Fsp3) is 0.333. The minimum absolute atomic E-state index is 0.282. The Labute approximate surface area is 85.1 Å². The third-order valence-electron chi connectivity index (χ3n) is 1.36. The van der Waals surface area contributed by atoms with Crippen LogP contribution in [0.15, 0.2) is 18.2 Å². The molecule has 0 aliphatic carbocycles. The van der Waals surface area contributed by atoms with Gasteiger partial charge in [-0.25, -0.2) is 4.39 Å². The lowest BCUT2D eigenvalue weighted by molar-refractivity contribution is 0.301. The normalized spacial score (nSPS) is 9.92. The second kappa shape index (κ2) is 4.64. The zero-order valence-corrected chi connectivity index (χ0v) is 8.97. The van der Waals surface area contributed by atoms with E-state index in [-0.39, 0.29) is 5.82 Å². The molecule has 0 N–H and O–H groups in total. The van der Waals surface area contributed by atoms with E-state index in [1.807, 2.05) is 13.0 Å². The van der Waals surface area contributed by atoms with Gasteiger partial charge in [0.25, 0.3) is 0 Å². The highest BCUT2D eigenvalue weighted by Crippen LogP contribution is 2.19. The van der Waals surface area contributed by atoms with Crippen LogP contribution in [0, 0.1) is 9.39 Å². The molecule has 0 fully saturated rings. The first-order chi connectivity index (χ1) is 5.74. The lowest BCUT2D eigenvalue weighted by atomic mass is 10.3. The highest BCUT2D eigenvalue weighted by molar-refractivity contribution is 14.1. The van der Waals surface area contributed by atoms with Crippen LogP contribution in [0.3, 0.4) is 0 Å². The Kier molecular flexibility index (Phi) is 3.78. The zero-order chi connectivity index (χ0) is 8.97. The standard InChI is InChI=1S/C9H10FIO/c1-2-5-12-9-4-3-7(11)6-8(9)10/h3-4,6H,2,5H2,1H3. The Bertz CT molecular complexity index is 263. The Balaban J connectivity index is 2.72. The lowest BCUT2D eigenvalue weighted by Crippen LogP contribution is -1.97. The molecule has 1 nitrogen and oxygen atoms in total. The molecule has 0 aliphatic rings. The highest BCUT2D eigenvalue weighted by atomic mass is 127. The Morgan fingerprint density at radius 1 is 1.50 bits per heavy atom. The van der Waals surface area contributed by atoms with Crippen LogP contribution < -0.4 is 4.74 Å². The largest absolute Gasteiger partial charge is 0.491 e. The molecule has 0 saturated carbocycles. The van der Waals surface area contributed by atoms with Gasteiger partial charge in [-0.15, -0.1) is 0 Å². The van der Waals surface area contributed by atoms with Crippen LogP contribution in [0.5, 0.6) is 5.75 Å². The number of hydrogen-bond donors (Lipinski definition) is 0. The van der Waals surface area contributed by atoms with Gasteiger partial charge in [-0.1, -0.05) is 6.92 Å². The van der Waals surface area contributed by atoms with Crippen molar-refractivity contribution in [3.05, 3.63) is 27.6 Å². The fourth-order valence-electron chi connectivity index (χ4n) is 0.804. The third kappa shape index (κ3) is 2.62. The molecule has 0 bridgehead atoms. The minimum Gasteiger partial charge on any atom is -0.491 e. The molecule has 1 aromatic carbocycles. The summed E-state index contributed by atoms with van der Waals surface area (Å²) in [5.74, 6) is 0.0626. The first-order valence-corrected chi connectivity index (χ1v) is 4.89. The van der Waals surface area contributed by atoms with Gasteiger partial charge < -0.3 is 4.74 Å². The van der Waals surface area contributed by atoms with Crippen LogP contribution in [-0.4, -0.2) is 6.61 Å². The van der Waals surface area contributed by atoms with Crippen LogP contribution >= 0.6 is 22.6 Å². The van der Waals surface area contributed by atoms with Crippen LogP contribution in [-0.2, 0) is 0 Å². The number of rotatable bonds is 3. The van der Waals surface area contributed by atoms with E-state index in [1.54, 1.807) is 6.07 Å². The summed E-state index contributed by atoms with van der Waals surface area (Å²) in [6.45, 7) is 2.56. The summed E-state index contributed by atoms with van der Waals surface area (Å²) in [6.07, 6.45) is 0.894. The summed E-state index contributed by atoms with van der Waals surface area (Å²) >= 11 is 2.06. The lowest BCUT2D eigenvalue weighted by Gasteiger charge is -2.04. The maximum atomic E-state index is 13.0. The molecule has 0 unspecified atom stereocenters. The quantitative estimate of drug-likeness (QED) is 0.772. The van der Waals surface area contributed by atoms with Crippen molar-refractivity contribution < 1.29 is 9.13 Å². The summed E-state index contributed by atoms with van der Waals surface area (Å²) in [7, 11) is 0. The molecular formula is C9H10FIO. The van der Waals surface area contributed by atoms with Crippen molar-refractivity contribution in [2.45, 2.75) is 13.3 Å². The smallest absolute Gasteiger partial charge is 0.166 e. The van der Waals surface area contributed by atoms with Gasteiger partial charge in [-0.05, 0) is 47.2 Å². The summed E-state index contributed by atoms with van der Waals surface area (Å²) in [5, 5.41) is 0. The average molecular weight is 280 g/mol. The molecule has 0 heterocycles. The topological polar surface area (TPSA) is 9.23 Å². The van der Waals surface area contributed by atoms with Crippen LogP contribution in [0.4, 0.5) is 4.39 Å². The second-order valence-electron chi connectivity index (χ2n) is 2.42. The van der Waals surface area contributed by atoms with Gasteiger partial charge in [0.15, 0.2) is 11.6 Å². The SMILES string of the molecule is CCCOc1ccc(I)cc1F. The van der Waals surface area contributed by atoms with Crippen molar-refractivity contribution >= 4 is 22.6 Å². The summed E-state index contributed by atoms with van der Waals surface area (Å²) < 4.78 is 19.1. The zero-order valence-electron chi connectivity index (χ0n) is 6.81. The molecule has 0 amide bonds. The summed E-state index contributed by atoms with van der Waals surface area (Å²) in [6, 6.07) is 4.95. The van der Waals surface area contributed by atoms with Crippen LogP contribution in [0.1, 0.15) is 13.3 Å². The van der Waals surface area contributed by atoms with Crippen molar-refractivity contribution in [2.75, 3.05) is 6.61 Å². The van der Waals surface area contributed by atoms with E-state index >= 15 is 0 Å². The molecule has 1 rings (SSSR count). The number of halogens is 2. The first kappa shape index (κ1) is 9.77. The predicted molar refractivity (Wildman–Crippen MR) is 54.9 cm³/mol. The Hall–Kier alpha value is -0.320.